The molecular formula is C23H41N3O6. The minimum atomic E-state index is -0.392. The Hall–Kier alpha value is -2.26. The summed E-state index contributed by atoms with van der Waals surface area (Å²) in [5, 5.41) is 5.62. The molecule has 0 aromatic rings. The minimum absolute atomic E-state index is 0.0441. The Morgan fingerprint density at radius 1 is 0.938 bits per heavy atom. The van der Waals surface area contributed by atoms with Gasteiger partial charge in [0.1, 0.15) is 0 Å². The van der Waals surface area contributed by atoms with Crippen LogP contribution in [0.3, 0.4) is 0 Å². The summed E-state index contributed by atoms with van der Waals surface area (Å²) in [4.78, 5) is 48.0. The maximum Gasteiger partial charge on any atom is 0.253 e. The first-order valence-electron chi connectivity index (χ1n) is 11.1. The van der Waals surface area contributed by atoms with Gasteiger partial charge in [-0.15, -0.1) is 0 Å². The molecule has 1 aliphatic rings. The molecule has 1 heterocycles. The van der Waals surface area contributed by atoms with Crippen molar-refractivity contribution in [1.29, 1.82) is 0 Å². The van der Waals surface area contributed by atoms with Crippen LogP contribution in [0.15, 0.2) is 12.2 Å². The molecule has 9 nitrogen and oxygen atoms in total. The Morgan fingerprint density at radius 2 is 1.50 bits per heavy atom. The number of nitrogens with zero attached hydrogens (tertiary/aromatic N) is 1. The van der Waals surface area contributed by atoms with E-state index in [2.05, 4.69) is 10.6 Å². The largest absolute Gasteiger partial charge is 0.383 e. The highest BCUT2D eigenvalue weighted by atomic mass is 16.5. The average Bonchev–Trinajstić information content (AvgIpc) is 3.03. The molecule has 0 atom stereocenters. The van der Waals surface area contributed by atoms with Gasteiger partial charge in [0.15, 0.2) is 0 Å². The number of nitrogens with one attached hydrogen (secondary N) is 2. The minimum Gasteiger partial charge on any atom is -0.383 e. The zero-order valence-electron chi connectivity index (χ0n) is 20.7. The van der Waals surface area contributed by atoms with Crippen LogP contribution in [-0.4, -0.2) is 75.1 Å². The molecular weight excluding hydrogens is 414 g/mol. The lowest BCUT2D eigenvalue weighted by atomic mass is 9.89. The summed E-state index contributed by atoms with van der Waals surface area (Å²) < 4.78 is 10.7. The van der Waals surface area contributed by atoms with Crippen molar-refractivity contribution in [2.45, 2.75) is 54.4 Å². The smallest absolute Gasteiger partial charge is 0.253 e. The first-order valence-corrected chi connectivity index (χ1v) is 11.1. The van der Waals surface area contributed by atoms with Crippen LogP contribution in [0.5, 0.6) is 0 Å². The molecule has 9 heteroatoms. The van der Waals surface area contributed by atoms with Crippen LogP contribution in [-0.2, 0) is 28.7 Å². The third-order valence-electron chi connectivity index (χ3n) is 4.48. The molecule has 2 N–H and O–H groups in total. The summed E-state index contributed by atoms with van der Waals surface area (Å²) in [7, 11) is 1.58. The van der Waals surface area contributed by atoms with E-state index in [-0.39, 0.29) is 35.6 Å². The first-order chi connectivity index (χ1) is 15.0. The van der Waals surface area contributed by atoms with Crippen LogP contribution in [0.4, 0.5) is 0 Å². The highest BCUT2D eigenvalue weighted by Gasteiger charge is 2.26. The van der Waals surface area contributed by atoms with Gasteiger partial charge < -0.3 is 20.1 Å². The van der Waals surface area contributed by atoms with Crippen molar-refractivity contribution in [2.75, 3.05) is 46.6 Å². The van der Waals surface area contributed by atoms with Crippen LogP contribution in [0.25, 0.3) is 0 Å². The summed E-state index contributed by atoms with van der Waals surface area (Å²) in [5.41, 5.74) is -0.632. The molecule has 0 bridgehead atoms. The zero-order chi connectivity index (χ0) is 24.8. The zero-order valence-corrected chi connectivity index (χ0v) is 20.7. The standard InChI is InChI=1S/C21H35N3O6.C2H6/c1-20(2,12-17(26)22-9-11-29-5)14-30-15-21(3,4)13-23-16(25)8-10-24-18(27)6-7-19(24)28;1-2/h6-7H,8-15H2,1-5H3,(H,22,26)(H,23,25);1-2H3. The van der Waals surface area contributed by atoms with Crippen LogP contribution in [0.2, 0.25) is 0 Å². The lowest BCUT2D eigenvalue weighted by Crippen LogP contribution is -2.40. The van der Waals surface area contributed by atoms with E-state index < -0.39 is 11.8 Å². The Kier molecular flexibility index (Phi) is 13.7. The van der Waals surface area contributed by atoms with Crippen molar-refractivity contribution < 1.29 is 28.7 Å². The Labute approximate surface area is 192 Å². The quantitative estimate of drug-likeness (QED) is 0.304. The van der Waals surface area contributed by atoms with Gasteiger partial charge in [-0.2, -0.15) is 0 Å². The highest BCUT2D eigenvalue weighted by molar-refractivity contribution is 6.13. The molecule has 0 aromatic heterocycles. The maximum absolute atomic E-state index is 12.0. The molecule has 1 rings (SSSR count). The van der Waals surface area contributed by atoms with Gasteiger partial charge in [0.2, 0.25) is 11.8 Å². The molecule has 0 fully saturated rings. The van der Waals surface area contributed by atoms with Gasteiger partial charge in [0.05, 0.1) is 19.8 Å². The van der Waals surface area contributed by atoms with Gasteiger partial charge in [-0.1, -0.05) is 41.5 Å². The molecule has 0 unspecified atom stereocenters. The summed E-state index contributed by atoms with van der Waals surface area (Å²) in [6.07, 6.45) is 2.80. The third-order valence-corrected chi connectivity index (χ3v) is 4.48. The molecule has 0 saturated carbocycles. The van der Waals surface area contributed by atoms with Crippen molar-refractivity contribution in [3.8, 4) is 0 Å². The number of carbonyl (C=O) groups is 4. The molecule has 0 spiro atoms. The number of amides is 4. The van der Waals surface area contributed by atoms with E-state index in [1.807, 2.05) is 41.5 Å². The van der Waals surface area contributed by atoms with Gasteiger partial charge in [-0.3, -0.25) is 24.1 Å². The Balaban J connectivity index is 0.00000466. The maximum atomic E-state index is 12.0. The second-order valence-electron chi connectivity index (χ2n) is 9.03. The first kappa shape index (κ1) is 29.7. The molecule has 0 aromatic carbocycles. The van der Waals surface area contributed by atoms with Crippen LogP contribution < -0.4 is 10.6 Å². The summed E-state index contributed by atoms with van der Waals surface area (Å²) in [6.45, 7) is 14.1. The molecule has 0 saturated heterocycles. The van der Waals surface area contributed by atoms with Crippen LogP contribution in [0, 0.1) is 10.8 Å². The summed E-state index contributed by atoms with van der Waals surface area (Å²) >= 11 is 0. The Bertz CT molecular complexity index is 640. The predicted octanol–water partition coefficient (Wildman–Crippen LogP) is 1.67. The predicted molar refractivity (Wildman–Crippen MR) is 123 cm³/mol. The SMILES string of the molecule is CC.COCCNC(=O)CC(C)(C)COCC(C)(C)CNC(=O)CCN1C(=O)C=CC1=O. The number of hydrogen-bond acceptors (Lipinski definition) is 6. The molecule has 1 aliphatic heterocycles. The van der Waals surface area contributed by atoms with Gasteiger partial charge in [-0.05, 0) is 5.41 Å². The van der Waals surface area contributed by atoms with E-state index in [4.69, 9.17) is 9.47 Å². The molecule has 32 heavy (non-hydrogen) atoms. The number of ether oxygens (including phenoxy) is 2. The number of imide groups is 1. The third kappa shape index (κ3) is 12.6. The fourth-order valence-electron chi connectivity index (χ4n) is 2.79. The highest BCUT2D eigenvalue weighted by Crippen LogP contribution is 2.22. The summed E-state index contributed by atoms with van der Waals surface area (Å²) in [6, 6.07) is 0. The fraction of sp³-hybridized carbons (Fsp3) is 0.739. The van der Waals surface area contributed by atoms with E-state index in [1.165, 1.54) is 12.2 Å². The average molecular weight is 456 g/mol. The van der Waals surface area contributed by atoms with Crippen molar-refractivity contribution in [3.05, 3.63) is 12.2 Å². The second-order valence-corrected chi connectivity index (χ2v) is 9.03. The molecule has 0 radical (unpaired) electrons. The molecule has 184 valence electrons. The van der Waals surface area contributed by atoms with E-state index in [0.717, 1.165) is 4.90 Å². The van der Waals surface area contributed by atoms with Crippen molar-refractivity contribution in [2.24, 2.45) is 10.8 Å². The van der Waals surface area contributed by atoms with E-state index in [0.29, 0.717) is 39.3 Å². The van der Waals surface area contributed by atoms with Crippen molar-refractivity contribution in [3.63, 3.8) is 0 Å². The van der Waals surface area contributed by atoms with Crippen molar-refractivity contribution >= 4 is 23.6 Å². The molecule has 4 amide bonds. The molecule has 0 aliphatic carbocycles. The van der Waals surface area contributed by atoms with Crippen molar-refractivity contribution in [1.82, 2.24) is 15.5 Å². The lowest BCUT2D eigenvalue weighted by molar-refractivity contribution is -0.137. The number of rotatable bonds is 14. The van der Waals surface area contributed by atoms with Crippen LogP contribution >= 0.6 is 0 Å². The second kappa shape index (κ2) is 14.7. The van der Waals surface area contributed by atoms with Gasteiger partial charge in [-0.25, -0.2) is 0 Å². The van der Waals surface area contributed by atoms with E-state index in [9.17, 15) is 19.2 Å². The summed E-state index contributed by atoms with van der Waals surface area (Å²) in [5.74, 6) is -1.06. The number of carbonyl (C=O) groups excluding carboxylic acids is 4. The van der Waals surface area contributed by atoms with Crippen LogP contribution in [0.1, 0.15) is 54.4 Å². The van der Waals surface area contributed by atoms with E-state index >= 15 is 0 Å². The number of hydrogen-bond donors (Lipinski definition) is 2. The number of methoxy groups -OCH3 is 1. The fourth-order valence-corrected chi connectivity index (χ4v) is 2.79. The topological polar surface area (TPSA) is 114 Å². The normalized spacial score (nSPS) is 13.7. The monoisotopic (exact) mass is 455 g/mol. The Morgan fingerprint density at radius 3 is 2.06 bits per heavy atom. The van der Waals surface area contributed by atoms with Gasteiger partial charge >= 0.3 is 0 Å². The van der Waals surface area contributed by atoms with Gasteiger partial charge in [0, 0.05) is 57.2 Å². The van der Waals surface area contributed by atoms with E-state index in [1.54, 1.807) is 7.11 Å². The van der Waals surface area contributed by atoms with Gasteiger partial charge in [0.25, 0.3) is 11.8 Å². The lowest BCUT2D eigenvalue weighted by Gasteiger charge is -2.29.